The number of ether oxygens (including phenoxy) is 1. The van der Waals surface area contributed by atoms with Gasteiger partial charge in [0, 0.05) is 16.5 Å². The molecule has 0 unspecified atom stereocenters. The number of hydrogen-bond acceptors (Lipinski definition) is 5. The van der Waals surface area contributed by atoms with Crippen molar-refractivity contribution >= 4 is 35.1 Å². The zero-order chi connectivity index (χ0) is 24.8. The molecule has 4 rings (SSSR count). The number of nitrogens with one attached hydrogen (secondary N) is 2. The predicted molar refractivity (Wildman–Crippen MR) is 141 cm³/mol. The summed E-state index contributed by atoms with van der Waals surface area (Å²) in [4.78, 5) is 12.5. The van der Waals surface area contributed by atoms with Crippen molar-refractivity contribution in [2.75, 3.05) is 12.4 Å². The molecule has 0 fully saturated rings. The maximum atomic E-state index is 12.5. The van der Waals surface area contributed by atoms with Crippen LogP contribution in [0.3, 0.4) is 0 Å². The van der Waals surface area contributed by atoms with Crippen molar-refractivity contribution < 1.29 is 9.53 Å². The van der Waals surface area contributed by atoms with Gasteiger partial charge in [0.25, 0.3) is 0 Å². The molecule has 0 saturated carbocycles. The van der Waals surface area contributed by atoms with Crippen molar-refractivity contribution in [3.05, 3.63) is 94.3 Å². The van der Waals surface area contributed by atoms with E-state index in [4.69, 9.17) is 16.3 Å². The SMILES string of the molecule is COc1cccc(CSc2nnc(CNC(=O)Nc3cccc(C)c3)n2-c2cc(Cl)ccc2C)c1. The van der Waals surface area contributed by atoms with E-state index in [9.17, 15) is 4.79 Å². The predicted octanol–water partition coefficient (Wildman–Crippen LogP) is 6.16. The lowest BCUT2D eigenvalue weighted by molar-refractivity contribution is 0.251. The van der Waals surface area contributed by atoms with Gasteiger partial charge in [0.15, 0.2) is 11.0 Å². The normalized spacial score (nSPS) is 10.7. The third-order valence-corrected chi connectivity index (χ3v) is 6.53. The molecule has 0 atom stereocenters. The van der Waals surface area contributed by atoms with Crippen LogP contribution in [0.4, 0.5) is 10.5 Å². The first kappa shape index (κ1) is 24.6. The highest BCUT2D eigenvalue weighted by molar-refractivity contribution is 7.98. The minimum atomic E-state index is -0.321. The highest BCUT2D eigenvalue weighted by atomic mass is 35.5. The fourth-order valence-corrected chi connectivity index (χ4v) is 4.61. The van der Waals surface area contributed by atoms with E-state index < -0.39 is 0 Å². The topological polar surface area (TPSA) is 81.1 Å². The molecule has 7 nitrogen and oxygen atoms in total. The van der Waals surface area contributed by atoms with E-state index in [2.05, 4.69) is 20.8 Å². The summed E-state index contributed by atoms with van der Waals surface area (Å²) in [6.07, 6.45) is 0. The molecule has 0 aliphatic heterocycles. The average molecular weight is 508 g/mol. The molecule has 0 aliphatic carbocycles. The smallest absolute Gasteiger partial charge is 0.319 e. The van der Waals surface area contributed by atoms with Gasteiger partial charge < -0.3 is 15.4 Å². The van der Waals surface area contributed by atoms with Gasteiger partial charge in [-0.2, -0.15) is 0 Å². The quantitative estimate of drug-likeness (QED) is 0.279. The molecule has 35 heavy (non-hydrogen) atoms. The van der Waals surface area contributed by atoms with Crippen LogP contribution in [0.1, 0.15) is 22.5 Å². The van der Waals surface area contributed by atoms with Crippen LogP contribution in [0.25, 0.3) is 5.69 Å². The summed E-state index contributed by atoms with van der Waals surface area (Å²) in [5.74, 6) is 2.08. The van der Waals surface area contributed by atoms with Crippen molar-refractivity contribution in [2.24, 2.45) is 0 Å². The van der Waals surface area contributed by atoms with Crippen LogP contribution in [-0.4, -0.2) is 27.9 Å². The fraction of sp³-hybridized carbons (Fsp3) is 0.192. The van der Waals surface area contributed by atoms with Crippen LogP contribution in [0.15, 0.2) is 71.9 Å². The van der Waals surface area contributed by atoms with Gasteiger partial charge >= 0.3 is 6.03 Å². The Morgan fingerprint density at radius 1 is 1.06 bits per heavy atom. The van der Waals surface area contributed by atoms with Crippen LogP contribution in [-0.2, 0) is 12.3 Å². The molecule has 180 valence electrons. The number of carbonyl (C=O) groups is 1. The maximum Gasteiger partial charge on any atom is 0.319 e. The minimum absolute atomic E-state index is 0.191. The standard InChI is InChI=1S/C26H26ClN5O2S/c1-17-6-4-8-21(12-17)29-25(33)28-15-24-30-31-26(32(24)23-14-20(27)11-10-18(23)2)35-16-19-7-5-9-22(13-19)34-3/h4-14H,15-16H2,1-3H3,(H2,28,29,33). The zero-order valence-corrected chi connectivity index (χ0v) is 21.3. The summed E-state index contributed by atoms with van der Waals surface area (Å²) in [5.41, 5.74) is 4.78. The van der Waals surface area contributed by atoms with Gasteiger partial charge in [-0.05, 0) is 66.9 Å². The molecular weight excluding hydrogens is 482 g/mol. The van der Waals surface area contributed by atoms with Crippen LogP contribution in [0.5, 0.6) is 5.75 Å². The molecule has 9 heteroatoms. The van der Waals surface area contributed by atoms with Gasteiger partial charge in [0.05, 0.1) is 19.3 Å². The van der Waals surface area contributed by atoms with Gasteiger partial charge in [-0.3, -0.25) is 4.57 Å². The average Bonchev–Trinajstić information content (AvgIpc) is 3.25. The van der Waals surface area contributed by atoms with E-state index in [1.54, 1.807) is 18.9 Å². The number of aryl methyl sites for hydroxylation is 2. The molecular formula is C26H26ClN5O2S. The highest BCUT2D eigenvalue weighted by Gasteiger charge is 2.17. The molecule has 4 aromatic rings. The monoisotopic (exact) mass is 507 g/mol. The van der Waals surface area contributed by atoms with Gasteiger partial charge in [0.2, 0.25) is 0 Å². The summed E-state index contributed by atoms with van der Waals surface area (Å²) >= 11 is 7.87. The first-order valence-corrected chi connectivity index (χ1v) is 12.4. The highest BCUT2D eigenvalue weighted by Crippen LogP contribution is 2.29. The number of benzene rings is 3. The Balaban J connectivity index is 1.56. The third kappa shape index (κ3) is 6.35. The largest absolute Gasteiger partial charge is 0.497 e. The summed E-state index contributed by atoms with van der Waals surface area (Å²) in [6, 6.07) is 20.9. The van der Waals surface area contributed by atoms with Gasteiger partial charge in [-0.1, -0.05) is 53.7 Å². The Kier molecular flexibility index (Phi) is 7.94. The van der Waals surface area contributed by atoms with E-state index in [0.29, 0.717) is 21.8 Å². The van der Waals surface area contributed by atoms with Crippen LogP contribution >= 0.6 is 23.4 Å². The number of hydrogen-bond donors (Lipinski definition) is 2. The number of carbonyl (C=O) groups excluding carboxylic acids is 1. The molecule has 0 aliphatic rings. The number of anilines is 1. The third-order valence-electron chi connectivity index (χ3n) is 5.30. The Morgan fingerprint density at radius 3 is 2.69 bits per heavy atom. The number of urea groups is 1. The van der Waals surface area contributed by atoms with Crippen LogP contribution < -0.4 is 15.4 Å². The molecule has 1 heterocycles. The second-order valence-electron chi connectivity index (χ2n) is 7.98. The van der Waals surface area contributed by atoms with Crippen molar-refractivity contribution in [2.45, 2.75) is 31.3 Å². The Bertz CT molecular complexity index is 1340. The summed E-state index contributed by atoms with van der Waals surface area (Å²) in [5, 5.41) is 15.9. The van der Waals surface area contributed by atoms with E-state index >= 15 is 0 Å². The second-order valence-corrected chi connectivity index (χ2v) is 9.36. The van der Waals surface area contributed by atoms with Crippen molar-refractivity contribution in [3.63, 3.8) is 0 Å². The van der Waals surface area contributed by atoms with Crippen molar-refractivity contribution in [1.29, 1.82) is 0 Å². The first-order valence-electron chi connectivity index (χ1n) is 11.0. The lowest BCUT2D eigenvalue weighted by Crippen LogP contribution is -2.29. The summed E-state index contributed by atoms with van der Waals surface area (Å²) < 4.78 is 7.28. The van der Waals surface area contributed by atoms with Crippen LogP contribution in [0, 0.1) is 13.8 Å². The van der Waals surface area contributed by atoms with Gasteiger partial charge in [-0.15, -0.1) is 10.2 Å². The molecule has 0 spiro atoms. The first-order chi connectivity index (χ1) is 16.9. The number of aromatic nitrogens is 3. The number of thioether (sulfide) groups is 1. The van der Waals surface area contributed by atoms with E-state index in [1.807, 2.05) is 85.1 Å². The van der Waals surface area contributed by atoms with E-state index in [1.165, 1.54) is 0 Å². The van der Waals surface area contributed by atoms with Gasteiger partial charge in [0.1, 0.15) is 5.75 Å². The van der Waals surface area contributed by atoms with Crippen molar-refractivity contribution in [3.8, 4) is 11.4 Å². The molecule has 0 saturated heterocycles. The summed E-state index contributed by atoms with van der Waals surface area (Å²) in [7, 11) is 1.65. The fourth-order valence-electron chi connectivity index (χ4n) is 3.54. The van der Waals surface area contributed by atoms with Crippen molar-refractivity contribution in [1.82, 2.24) is 20.1 Å². The molecule has 3 aromatic carbocycles. The lowest BCUT2D eigenvalue weighted by Gasteiger charge is -2.14. The lowest BCUT2D eigenvalue weighted by atomic mass is 10.2. The van der Waals surface area contributed by atoms with E-state index in [0.717, 1.165) is 33.8 Å². The summed E-state index contributed by atoms with van der Waals surface area (Å²) in [6.45, 7) is 4.17. The number of methoxy groups -OCH3 is 1. The molecule has 2 N–H and O–H groups in total. The number of amides is 2. The minimum Gasteiger partial charge on any atom is -0.497 e. The molecule has 0 radical (unpaired) electrons. The van der Waals surface area contributed by atoms with Crippen LogP contribution in [0.2, 0.25) is 5.02 Å². The molecule has 1 aromatic heterocycles. The Morgan fingerprint density at radius 2 is 1.89 bits per heavy atom. The Hall–Kier alpha value is -3.49. The number of halogens is 1. The van der Waals surface area contributed by atoms with Gasteiger partial charge in [-0.25, -0.2) is 4.79 Å². The second kappa shape index (κ2) is 11.3. The molecule has 2 amide bonds. The Labute approximate surface area is 213 Å². The molecule has 0 bridgehead atoms. The zero-order valence-electron chi connectivity index (χ0n) is 19.7. The number of rotatable bonds is 8. The number of nitrogens with zero attached hydrogens (tertiary/aromatic N) is 3. The maximum absolute atomic E-state index is 12.5. The van der Waals surface area contributed by atoms with E-state index in [-0.39, 0.29) is 12.6 Å².